The lowest BCUT2D eigenvalue weighted by molar-refractivity contribution is 0.0951. The van der Waals surface area contributed by atoms with Crippen LogP contribution in [0.25, 0.3) is 0 Å². The first-order valence-electron chi connectivity index (χ1n) is 12.1. The first-order valence-corrected chi connectivity index (χ1v) is 12.1. The molecule has 5 rings (SSSR count). The van der Waals surface area contributed by atoms with Crippen LogP contribution in [0.2, 0.25) is 0 Å². The summed E-state index contributed by atoms with van der Waals surface area (Å²) < 4.78 is 11.4. The van der Waals surface area contributed by atoms with Crippen molar-refractivity contribution in [1.29, 1.82) is 0 Å². The van der Waals surface area contributed by atoms with Crippen molar-refractivity contribution in [2.45, 2.75) is 26.1 Å². The van der Waals surface area contributed by atoms with Crippen LogP contribution in [-0.2, 0) is 26.1 Å². The minimum atomic E-state index is -0.109. The van der Waals surface area contributed by atoms with Gasteiger partial charge in [0.2, 0.25) is 0 Å². The minimum absolute atomic E-state index is 0.109. The molecule has 0 saturated heterocycles. The standard InChI is InChI=1S/C30H29N3O3/c1-35-29-18-23(6-11-28(29)36-21-22-12-15-31-16-13-22)19-32-30(34)25-7-9-27(10-8-25)33-17-14-24-4-2-3-5-26(24)20-33/h2-13,15-16,18H,14,17,19-21H2,1H3,(H,32,34). The molecule has 2 heterocycles. The second-order valence-electron chi connectivity index (χ2n) is 8.80. The molecule has 0 saturated carbocycles. The second-order valence-corrected chi connectivity index (χ2v) is 8.80. The zero-order valence-electron chi connectivity index (χ0n) is 20.3. The lowest BCUT2D eigenvalue weighted by Crippen LogP contribution is -2.30. The quantitative estimate of drug-likeness (QED) is 0.378. The van der Waals surface area contributed by atoms with E-state index in [1.807, 2.05) is 54.6 Å². The molecule has 1 N–H and O–H groups in total. The summed E-state index contributed by atoms with van der Waals surface area (Å²) in [7, 11) is 1.61. The number of methoxy groups -OCH3 is 1. The van der Waals surface area contributed by atoms with Gasteiger partial charge in [-0.05, 0) is 77.2 Å². The van der Waals surface area contributed by atoms with E-state index in [9.17, 15) is 4.79 Å². The number of fused-ring (bicyclic) bond motifs is 1. The molecule has 1 aliphatic heterocycles. The summed E-state index contributed by atoms with van der Waals surface area (Å²) in [4.78, 5) is 19.1. The molecular formula is C30H29N3O3. The number of carbonyl (C=O) groups excluding carboxylic acids is 1. The largest absolute Gasteiger partial charge is 0.493 e. The predicted molar refractivity (Wildman–Crippen MR) is 140 cm³/mol. The van der Waals surface area contributed by atoms with E-state index >= 15 is 0 Å². The van der Waals surface area contributed by atoms with Crippen LogP contribution in [0.3, 0.4) is 0 Å². The molecule has 4 aromatic rings. The highest BCUT2D eigenvalue weighted by Crippen LogP contribution is 2.29. The van der Waals surface area contributed by atoms with Crippen molar-refractivity contribution in [1.82, 2.24) is 10.3 Å². The highest BCUT2D eigenvalue weighted by Gasteiger charge is 2.16. The Morgan fingerprint density at radius 2 is 1.69 bits per heavy atom. The van der Waals surface area contributed by atoms with Crippen LogP contribution in [0.5, 0.6) is 11.5 Å². The van der Waals surface area contributed by atoms with Crippen LogP contribution in [0, 0.1) is 0 Å². The van der Waals surface area contributed by atoms with Crippen molar-refractivity contribution >= 4 is 11.6 Å². The molecule has 1 aliphatic rings. The van der Waals surface area contributed by atoms with Gasteiger partial charge in [0.15, 0.2) is 11.5 Å². The van der Waals surface area contributed by atoms with Crippen LogP contribution in [0.15, 0.2) is 91.3 Å². The molecule has 0 spiro atoms. The normalized spacial score (nSPS) is 12.5. The van der Waals surface area contributed by atoms with Crippen LogP contribution in [0.4, 0.5) is 5.69 Å². The number of ether oxygens (including phenoxy) is 2. The molecular weight excluding hydrogens is 450 g/mol. The number of carbonyl (C=O) groups is 1. The Bertz CT molecular complexity index is 1320. The summed E-state index contributed by atoms with van der Waals surface area (Å²) in [6, 6.07) is 25.9. The SMILES string of the molecule is COc1cc(CNC(=O)c2ccc(N3CCc4ccccc4C3)cc2)ccc1OCc1ccncc1. The highest BCUT2D eigenvalue weighted by atomic mass is 16.5. The Balaban J connectivity index is 1.17. The number of amides is 1. The molecule has 6 nitrogen and oxygen atoms in total. The van der Waals surface area contributed by atoms with E-state index < -0.39 is 0 Å². The van der Waals surface area contributed by atoms with Gasteiger partial charge < -0.3 is 19.7 Å². The molecule has 1 amide bonds. The molecule has 0 radical (unpaired) electrons. The van der Waals surface area contributed by atoms with Crippen molar-refractivity contribution in [2.75, 3.05) is 18.6 Å². The maximum atomic E-state index is 12.8. The number of nitrogens with zero attached hydrogens (tertiary/aromatic N) is 2. The molecule has 0 bridgehead atoms. The van der Waals surface area contributed by atoms with E-state index in [1.165, 1.54) is 11.1 Å². The monoisotopic (exact) mass is 479 g/mol. The molecule has 0 aliphatic carbocycles. The molecule has 182 valence electrons. The van der Waals surface area contributed by atoms with E-state index in [2.05, 4.69) is 39.5 Å². The number of aromatic nitrogens is 1. The third-order valence-corrected chi connectivity index (χ3v) is 6.45. The maximum absolute atomic E-state index is 12.8. The van der Waals surface area contributed by atoms with Crippen molar-refractivity contribution in [3.8, 4) is 11.5 Å². The summed E-state index contributed by atoms with van der Waals surface area (Å²) in [5.74, 6) is 1.17. The molecule has 3 aromatic carbocycles. The van der Waals surface area contributed by atoms with Gasteiger partial charge in [-0.2, -0.15) is 0 Å². The van der Waals surface area contributed by atoms with Gasteiger partial charge in [-0.3, -0.25) is 9.78 Å². The van der Waals surface area contributed by atoms with Crippen LogP contribution in [-0.4, -0.2) is 24.5 Å². The van der Waals surface area contributed by atoms with Gasteiger partial charge in [0, 0.05) is 43.3 Å². The number of benzene rings is 3. The molecule has 36 heavy (non-hydrogen) atoms. The first-order chi connectivity index (χ1) is 17.7. The summed E-state index contributed by atoms with van der Waals surface area (Å²) >= 11 is 0. The Morgan fingerprint density at radius 1 is 0.917 bits per heavy atom. The second kappa shape index (κ2) is 11.0. The van der Waals surface area contributed by atoms with Gasteiger partial charge >= 0.3 is 0 Å². The number of pyridine rings is 1. The highest BCUT2D eigenvalue weighted by molar-refractivity contribution is 5.94. The smallest absolute Gasteiger partial charge is 0.251 e. The Kier molecular flexibility index (Phi) is 7.12. The van der Waals surface area contributed by atoms with Gasteiger partial charge in [-0.1, -0.05) is 30.3 Å². The summed E-state index contributed by atoms with van der Waals surface area (Å²) in [5, 5.41) is 3.00. The fraction of sp³-hybridized carbons (Fsp3) is 0.200. The molecule has 0 fully saturated rings. The number of anilines is 1. The minimum Gasteiger partial charge on any atom is -0.493 e. The van der Waals surface area contributed by atoms with Gasteiger partial charge in [0.05, 0.1) is 7.11 Å². The van der Waals surface area contributed by atoms with E-state index in [1.54, 1.807) is 19.5 Å². The van der Waals surface area contributed by atoms with Crippen molar-refractivity contribution < 1.29 is 14.3 Å². The molecule has 0 atom stereocenters. The van der Waals surface area contributed by atoms with Crippen molar-refractivity contribution in [3.63, 3.8) is 0 Å². The fourth-order valence-corrected chi connectivity index (χ4v) is 4.41. The van der Waals surface area contributed by atoms with E-state index in [-0.39, 0.29) is 5.91 Å². The van der Waals surface area contributed by atoms with Crippen LogP contribution >= 0.6 is 0 Å². The predicted octanol–water partition coefficient (Wildman–Crippen LogP) is 5.16. The van der Waals surface area contributed by atoms with E-state index in [0.29, 0.717) is 30.2 Å². The third-order valence-electron chi connectivity index (χ3n) is 6.45. The summed E-state index contributed by atoms with van der Waals surface area (Å²) in [5.41, 5.74) is 6.53. The van der Waals surface area contributed by atoms with Gasteiger partial charge in [0.25, 0.3) is 5.91 Å². The Morgan fingerprint density at radius 3 is 2.47 bits per heavy atom. The topological polar surface area (TPSA) is 63.7 Å². The molecule has 6 heteroatoms. The number of hydrogen-bond donors (Lipinski definition) is 1. The van der Waals surface area contributed by atoms with Gasteiger partial charge in [-0.25, -0.2) is 0 Å². The number of rotatable bonds is 8. The molecule has 0 unspecified atom stereocenters. The summed E-state index contributed by atoms with van der Waals surface area (Å²) in [6.45, 7) is 2.69. The number of nitrogens with one attached hydrogen (secondary N) is 1. The summed E-state index contributed by atoms with van der Waals surface area (Å²) in [6.07, 6.45) is 4.51. The van der Waals surface area contributed by atoms with Crippen LogP contribution in [0.1, 0.15) is 32.6 Å². The fourth-order valence-electron chi connectivity index (χ4n) is 4.41. The van der Waals surface area contributed by atoms with Gasteiger partial charge in [0.1, 0.15) is 6.61 Å². The van der Waals surface area contributed by atoms with E-state index in [0.717, 1.165) is 36.3 Å². The van der Waals surface area contributed by atoms with Crippen LogP contribution < -0.4 is 19.7 Å². The maximum Gasteiger partial charge on any atom is 0.251 e. The Hall–Kier alpha value is -4.32. The van der Waals surface area contributed by atoms with Gasteiger partial charge in [-0.15, -0.1) is 0 Å². The average molecular weight is 480 g/mol. The average Bonchev–Trinajstić information content (AvgIpc) is 2.95. The zero-order valence-corrected chi connectivity index (χ0v) is 20.3. The van der Waals surface area contributed by atoms with Crippen molar-refractivity contribution in [2.24, 2.45) is 0 Å². The van der Waals surface area contributed by atoms with E-state index in [4.69, 9.17) is 9.47 Å². The number of hydrogen-bond acceptors (Lipinski definition) is 5. The zero-order chi connectivity index (χ0) is 24.7. The molecule has 1 aromatic heterocycles. The Labute approximate surface area is 211 Å². The lowest BCUT2D eigenvalue weighted by Gasteiger charge is -2.30. The van der Waals surface area contributed by atoms with Crippen molar-refractivity contribution in [3.05, 3.63) is 119 Å². The lowest BCUT2D eigenvalue weighted by atomic mass is 9.99. The third kappa shape index (κ3) is 5.49. The first kappa shape index (κ1) is 23.4.